The Balaban J connectivity index is 1.34. The van der Waals surface area contributed by atoms with E-state index in [1.807, 2.05) is 36.4 Å². The highest BCUT2D eigenvalue weighted by atomic mass is 32.2. The lowest BCUT2D eigenvalue weighted by molar-refractivity contribution is 0.589. The summed E-state index contributed by atoms with van der Waals surface area (Å²) in [6.07, 6.45) is 0. The second-order valence-corrected chi connectivity index (χ2v) is 22.5. The Morgan fingerprint density at radius 2 is 0.724 bits per heavy atom. The van der Waals surface area contributed by atoms with Gasteiger partial charge in [0.1, 0.15) is 0 Å². The van der Waals surface area contributed by atoms with E-state index in [4.69, 9.17) is 0 Å². The molecule has 6 heteroatoms. The van der Waals surface area contributed by atoms with Crippen molar-refractivity contribution in [1.82, 2.24) is 0 Å². The maximum Gasteiger partial charge on any atom is 0.208 e. The molecule has 0 unspecified atom stereocenters. The van der Waals surface area contributed by atoms with Gasteiger partial charge in [0.05, 0.1) is 19.6 Å². The van der Waals surface area contributed by atoms with E-state index in [1.54, 1.807) is 24.3 Å². The van der Waals surface area contributed by atoms with Gasteiger partial charge in [-0.05, 0) is 152 Å². The molecule has 2 heterocycles. The van der Waals surface area contributed by atoms with E-state index in [-0.39, 0.29) is 10.8 Å². The van der Waals surface area contributed by atoms with Crippen LogP contribution in [0, 0.1) is 27.7 Å². The smallest absolute Gasteiger partial charge is 0.208 e. The first-order valence-electron chi connectivity index (χ1n) is 20.0. The largest absolute Gasteiger partial charge is 0.218 e. The number of hydrogen-bond donors (Lipinski definition) is 0. The van der Waals surface area contributed by atoms with Crippen molar-refractivity contribution in [2.75, 3.05) is 0 Å². The molecule has 2 aliphatic carbocycles. The molecule has 6 aromatic rings. The van der Waals surface area contributed by atoms with Gasteiger partial charge in [0.2, 0.25) is 19.7 Å². The topological polar surface area (TPSA) is 68.3 Å². The SMILES string of the molecule is Cc1cc(C(C)(C)C)cc(C)c1C1=c2cc3cc4c(cc3cc2C2=C1c1ccccc1S2(=O)=O)=C(c1c(C)cc(C(C)(C)C)cc1C)C1=C4S(=O)(=O)c2ccccc21. The second kappa shape index (κ2) is 11.7. The number of hydrogen-bond acceptors (Lipinski definition) is 4. The van der Waals surface area contributed by atoms with Crippen LogP contribution in [0.1, 0.15) is 108 Å². The van der Waals surface area contributed by atoms with Crippen LogP contribution < -0.4 is 10.4 Å². The summed E-state index contributed by atoms with van der Waals surface area (Å²) < 4.78 is 58.7. The summed E-state index contributed by atoms with van der Waals surface area (Å²) in [7, 11) is -7.70. The van der Waals surface area contributed by atoms with Crippen molar-refractivity contribution < 1.29 is 16.8 Å². The Kier molecular flexibility index (Phi) is 7.45. The monoisotopic (exact) mass is 798 g/mol. The van der Waals surface area contributed by atoms with Crippen molar-refractivity contribution >= 4 is 62.5 Å². The normalized spacial score (nSPS) is 17.1. The van der Waals surface area contributed by atoms with Gasteiger partial charge in [0.25, 0.3) is 0 Å². The molecule has 6 aromatic carbocycles. The van der Waals surface area contributed by atoms with Crippen molar-refractivity contribution in [2.45, 2.75) is 89.9 Å². The fourth-order valence-electron chi connectivity index (χ4n) is 10.1. The van der Waals surface area contributed by atoms with Crippen molar-refractivity contribution in [3.63, 3.8) is 0 Å². The third-order valence-electron chi connectivity index (χ3n) is 12.8. The van der Waals surface area contributed by atoms with E-state index in [9.17, 15) is 16.8 Å². The maximum absolute atomic E-state index is 14.7. The van der Waals surface area contributed by atoms with Gasteiger partial charge in [-0.25, -0.2) is 16.8 Å². The zero-order valence-corrected chi connectivity index (χ0v) is 36.3. The second-order valence-electron chi connectivity index (χ2n) is 18.8. The van der Waals surface area contributed by atoms with Crippen LogP contribution in [-0.2, 0) is 30.5 Å². The van der Waals surface area contributed by atoms with Gasteiger partial charge in [-0.2, -0.15) is 0 Å². The van der Waals surface area contributed by atoms with Gasteiger partial charge in [-0.1, -0.05) is 102 Å². The quantitative estimate of drug-likeness (QED) is 0.175. The molecule has 2 aliphatic heterocycles. The summed E-state index contributed by atoms with van der Waals surface area (Å²) in [5.74, 6) is 0. The molecule has 10 rings (SSSR count). The van der Waals surface area contributed by atoms with E-state index in [0.29, 0.717) is 30.7 Å². The fraction of sp³-hybridized carbons (Fsp3) is 0.231. The zero-order chi connectivity index (χ0) is 41.2. The van der Waals surface area contributed by atoms with E-state index in [0.717, 1.165) is 88.0 Å². The van der Waals surface area contributed by atoms with Gasteiger partial charge in [-0.15, -0.1) is 0 Å². The van der Waals surface area contributed by atoms with Gasteiger partial charge >= 0.3 is 0 Å². The van der Waals surface area contributed by atoms with E-state index in [1.165, 1.54) is 11.1 Å². The highest BCUT2D eigenvalue weighted by molar-refractivity contribution is 8.01. The molecule has 290 valence electrons. The Hall–Kier alpha value is -5.30. The Morgan fingerprint density at radius 3 is 1.05 bits per heavy atom. The number of aryl methyl sites for hydroxylation is 4. The highest BCUT2D eigenvalue weighted by Crippen LogP contribution is 2.55. The summed E-state index contributed by atoms with van der Waals surface area (Å²) in [6, 6.07) is 32.0. The first-order chi connectivity index (χ1) is 27.2. The van der Waals surface area contributed by atoms with Crippen molar-refractivity contribution in [3.05, 3.63) is 174 Å². The first-order valence-corrected chi connectivity index (χ1v) is 23.0. The molecule has 0 N–H and O–H groups in total. The molecule has 0 saturated carbocycles. The molecule has 0 bridgehead atoms. The molecule has 0 fully saturated rings. The average molecular weight is 799 g/mol. The van der Waals surface area contributed by atoms with Gasteiger partial charge in [0, 0.05) is 33.4 Å². The third kappa shape index (κ3) is 4.85. The van der Waals surface area contributed by atoms with E-state index >= 15 is 0 Å². The Bertz CT molecular complexity index is 3120. The highest BCUT2D eigenvalue weighted by Gasteiger charge is 2.45. The predicted molar refractivity (Wildman–Crippen MR) is 238 cm³/mol. The zero-order valence-electron chi connectivity index (χ0n) is 34.7. The fourth-order valence-corrected chi connectivity index (χ4v) is 13.9. The van der Waals surface area contributed by atoms with Crippen LogP contribution in [0.3, 0.4) is 0 Å². The molecule has 4 aliphatic rings. The van der Waals surface area contributed by atoms with Crippen molar-refractivity contribution in [3.8, 4) is 0 Å². The average Bonchev–Trinajstić information content (AvgIpc) is 3.79. The number of rotatable bonds is 2. The summed E-state index contributed by atoms with van der Waals surface area (Å²) in [5.41, 5.74) is 14.9. The molecular formula is C52H46O4S2. The van der Waals surface area contributed by atoms with Crippen LogP contribution >= 0.6 is 0 Å². The maximum atomic E-state index is 14.7. The van der Waals surface area contributed by atoms with Gasteiger partial charge in [-0.3, -0.25) is 0 Å². The van der Waals surface area contributed by atoms with Gasteiger partial charge in [0.15, 0.2) is 0 Å². The molecule has 0 saturated heterocycles. The molecule has 0 spiro atoms. The summed E-state index contributed by atoms with van der Waals surface area (Å²) >= 11 is 0. The molecule has 58 heavy (non-hydrogen) atoms. The summed E-state index contributed by atoms with van der Waals surface area (Å²) in [5, 5.41) is 3.42. The van der Waals surface area contributed by atoms with Crippen molar-refractivity contribution in [1.29, 1.82) is 0 Å². The molecule has 4 nitrogen and oxygen atoms in total. The van der Waals surface area contributed by atoms with Crippen LogP contribution in [-0.4, -0.2) is 16.8 Å². The molecule has 0 atom stereocenters. The van der Waals surface area contributed by atoms with E-state index in [2.05, 4.69) is 106 Å². The lowest BCUT2D eigenvalue weighted by Gasteiger charge is -2.23. The predicted octanol–water partition coefficient (Wildman–Crippen LogP) is 10.4. The van der Waals surface area contributed by atoms with Crippen LogP contribution in [0.5, 0.6) is 0 Å². The first kappa shape index (κ1) is 37.0. The summed E-state index contributed by atoms with van der Waals surface area (Å²) in [6.45, 7) is 21.7. The van der Waals surface area contributed by atoms with Crippen LogP contribution in [0.25, 0.3) is 42.9 Å². The van der Waals surface area contributed by atoms with Crippen LogP contribution in [0.15, 0.2) is 107 Å². The standard InChI is InChI=1S/C52H46O4S2/c1-27-19-33(51(5,6)7)20-28(2)43(27)45-37-23-31-26-40-38(24-32(31)25-39(37)49-47(45)35-15-11-13-17-41(35)57(49,53)54)46(44-29(3)21-34(22-30(44)4)52(8,9)10)48-36-16-12-14-18-42(36)58(55,56)50(40)48/h11-26H,1-10H3. The molecule has 0 radical (unpaired) electrons. The molecule has 0 aromatic heterocycles. The van der Waals surface area contributed by atoms with Crippen molar-refractivity contribution in [2.24, 2.45) is 0 Å². The summed E-state index contributed by atoms with van der Waals surface area (Å²) in [4.78, 5) is 1.38. The third-order valence-corrected chi connectivity index (χ3v) is 16.6. The van der Waals surface area contributed by atoms with Crippen LogP contribution in [0.4, 0.5) is 0 Å². The molecular weight excluding hydrogens is 753 g/mol. The number of allylic oxidation sites excluding steroid dienone is 2. The number of benzene rings is 6. The minimum Gasteiger partial charge on any atom is -0.218 e. The number of sulfone groups is 2. The minimum atomic E-state index is -3.85. The number of fused-ring (bicyclic) bond motifs is 9. The molecule has 0 amide bonds. The lowest BCUT2D eigenvalue weighted by Crippen LogP contribution is -2.17. The Labute approximate surface area is 341 Å². The van der Waals surface area contributed by atoms with E-state index < -0.39 is 19.7 Å². The lowest BCUT2D eigenvalue weighted by atomic mass is 9.81. The minimum absolute atomic E-state index is 0.0635. The van der Waals surface area contributed by atoms with Gasteiger partial charge < -0.3 is 0 Å². The van der Waals surface area contributed by atoms with Crippen LogP contribution in [0.2, 0.25) is 0 Å². The Morgan fingerprint density at radius 1 is 0.397 bits per heavy atom.